The van der Waals surface area contributed by atoms with Gasteiger partial charge in [-0.25, -0.2) is 13.2 Å². The standard InChI is InChI=1S/C13H19N3O5S/c17-10(14-9-3-6-22(20,21)8-9)7-16-11(18)13(15-12(16)19)4-1-2-5-13/h9H,1-8H2,(H,14,17)(H,15,19)/t9-/m0/s1. The molecule has 3 fully saturated rings. The molecule has 1 spiro atoms. The Balaban J connectivity index is 1.60. The summed E-state index contributed by atoms with van der Waals surface area (Å²) >= 11 is 0. The molecule has 122 valence electrons. The number of nitrogens with zero attached hydrogens (tertiary/aromatic N) is 1. The maximum Gasteiger partial charge on any atom is 0.325 e. The lowest BCUT2D eigenvalue weighted by Crippen LogP contribution is -2.46. The van der Waals surface area contributed by atoms with Crippen molar-refractivity contribution >= 4 is 27.7 Å². The van der Waals surface area contributed by atoms with E-state index in [0.29, 0.717) is 19.3 Å². The van der Waals surface area contributed by atoms with E-state index in [-0.39, 0.29) is 24.0 Å². The normalized spacial score (nSPS) is 29.1. The van der Waals surface area contributed by atoms with Gasteiger partial charge in [-0.1, -0.05) is 12.8 Å². The van der Waals surface area contributed by atoms with E-state index in [9.17, 15) is 22.8 Å². The van der Waals surface area contributed by atoms with Gasteiger partial charge in [-0.15, -0.1) is 0 Å². The molecule has 0 bridgehead atoms. The third-order valence-electron chi connectivity index (χ3n) is 4.60. The van der Waals surface area contributed by atoms with E-state index in [4.69, 9.17) is 0 Å². The van der Waals surface area contributed by atoms with Gasteiger partial charge in [-0.2, -0.15) is 0 Å². The van der Waals surface area contributed by atoms with Gasteiger partial charge in [0, 0.05) is 6.04 Å². The number of hydrogen-bond acceptors (Lipinski definition) is 5. The summed E-state index contributed by atoms with van der Waals surface area (Å²) in [7, 11) is -3.08. The van der Waals surface area contributed by atoms with Gasteiger partial charge in [0.05, 0.1) is 11.5 Å². The molecular weight excluding hydrogens is 310 g/mol. The highest BCUT2D eigenvalue weighted by atomic mass is 32.2. The molecule has 0 unspecified atom stereocenters. The van der Waals surface area contributed by atoms with Crippen molar-refractivity contribution in [2.75, 3.05) is 18.1 Å². The van der Waals surface area contributed by atoms with Crippen LogP contribution in [0.15, 0.2) is 0 Å². The fourth-order valence-corrected chi connectivity index (χ4v) is 5.14. The Labute approximate surface area is 128 Å². The molecule has 9 heteroatoms. The van der Waals surface area contributed by atoms with Gasteiger partial charge in [0.2, 0.25) is 5.91 Å². The first-order valence-electron chi connectivity index (χ1n) is 7.45. The van der Waals surface area contributed by atoms with E-state index in [1.165, 1.54) is 0 Å². The van der Waals surface area contributed by atoms with E-state index in [1.807, 2.05) is 0 Å². The Morgan fingerprint density at radius 2 is 2.00 bits per heavy atom. The molecule has 0 aromatic heterocycles. The number of rotatable bonds is 3. The summed E-state index contributed by atoms with van der Waals surface area (Å²) in [5.41, 5.74) is -0.825. The largest absolute Gasteiger partial charge is 0.351 e. The Bertz CT molecular complexity index is 624. The molecular formula is C13H19N3O5S. The predicted molar refractivity (Wildman–Crippen MR) is 76.6 cm³/mol. The number of imide groups is 1. The number of urea groups is 1. The first kappa shape index (κ1) is 15.3. The third kappa shape index (κ3) is 2.69. The second-order valence-electron chi connectivity index (χ2n) is 6.28. The Morgan fingerprint density at radius 3 is 2.59 bits per heavy atom. The number of hydrogen-bond donors (Lipinski definition) is 2. The fraction of sp³-hybridized carbons (Fsp3) is 0.769. The SMILES string of the molecule is O=C(CN1C(=O)NC2(CCCC2)C1=O)N[C@H]1CCS(=O)(=O)C1. The minimum atomic E-state index is -3.08. The molecule has 8 nitrogen and oxygen atoms in total. The summed E-state index contributed by atoms with van der Waals surface area (Å²) in [6, 6.07) is -0.972. The van der Waals surface area contributed by atoms with E-state index in [0.717, 1.165) is 17.7 Å². The molecule has 1 saturated carbocycles. The summed E-state index contributed by atoms with van der Waals surface area (Å²) in [6.07, 6.45) is 3.35. The summed E-state index contributed by atoms with van der Waals surface area (Å²) in [6.45, 7) is -0.358. The molecule has 2 saturated heterocycles. The number of sulfone groups is 1. The summed E-state index contributed by atoms with van der Waals surface area (Å²) in [5, 5.41) is 5.29. The maximum atomic E-state index is 12.4. The van der Waals surface area contributed by atoms with Crippen molar-refractivity contribution in [3.05, 3.63) is 0 Å². The molecule has 0 aromatic rings. The first-order chi connectivity index (χ1) is 10.3. The Kier molecular flexibility index (Phi) is 3.62. The van der Waals surface area contributed by atoms with Crippen molar-refractivity contribution in [3.63, 3.8) is 0 Å². The molecule has 0 aromatic carbocycles. The molecule has 1 atom stereocenters. The Morgan fingerprint density at radius 1 is 1.32 bits per heavy atom. The highest BCUT2D eigenvalue weighted by Crippen LogP contribution is 2.34. The van der Waals surface area contributed by atoms with Crippen LogP contribution in [0.5, 0.6) is 0 Å². The predicted octanol–water partition coefficient (Wildman–Crippen LogP) is -0.846. The third-order valence-corrected chi connectivity index (χ3v) is 6.37. The smallest absolute Gasteiger partial charge is 0.325 e. The van der Waals surface area contributed by atoms with Gasteiger partial charge in [-0.3, -0.25) is 14.5 Å². The highest BCUT2D eigenvalue weighted by molar-refractivity contribution is 7.91. The van der Waals surface area contributed by atoms with Crippen molar-refractivity contribution in [2.24, 2.45) is 0 Å². The van der Waals surface area contributed by atoms with Crippen molar-refractivity contribution in [2.45, 2.75) is 43.7 Å². The van der Waals surface area contributed by atoms with Crippen LogP contribution in [-0.2, 0) is 19.4 Å². The van der Waals surface area contributed by atoms with Gasteiger partial charge < -0.3 is 10.6 Å². The zero-order chi connectivity index (χ0) is 16.0. The van der Waals surface area contributed by atoms with E-state index >= 15 is 0 Å². The summed E-state index contributed by atoms with van der Waals surface area (Å²) < 4.78 is 22.7. The van der Waals surface area contributed by atoms with Crippen LogP contribution in [0.1, 0.15) is 32.1 Å². The van der Waals surface area contributed by atoms with Crippen molar-refractivity contribution in [1.82, 2.24) is 15.5 Å². The quantitative estimate of drug-likeness (QED) is 0.655. The number of amides is 4. The molecule has 2 heterocycles. The molecule has 2 aliphatic heterocycles. The number of carbonyl (C=O) groups excluding carboxylic acids is 3. The summed E-state index contributed by atoms with van der Waals surface area (Å²) in [5.74, 6) is -0.864. The molecule has 1 aliphatic carbocycles. The monoisotopic (exact) mass is 329 g/mol. The van der Waals surface area contributed by atoms with Gasteiger partial charge in [0.15, 0.2) is 9.84 Å². The van der Waals surface area contributed by atoms with E-state index in [1.54, 1.807) is 0 Å². The van der Waals surface area contributed by atoms with Gasteiger partial charge in [0.1, 0.15) is 12.1 Å². The molecule has 3 rings (SSSR count). The van der Waals surface area contributed by atoms with Crippen LogP contribution < -0.4 is 10.6 Å². The molecule has 0 radical (unpaired) electrons. The maximum absolute atomic E-state index is 12.4. The van der Waals surface area contributed by atoms with E-state index < -0.39 is 33.4 Å². The van der Waals surface area contributed by atoms with E-state index in [2.05, 4.69) is 10.6 Å². The number of nitrogens with one attached hydrogen (secondary N) is 2. The minimum absolute atomic E-state index is 0.0597. The lowest BCUT2D eigenvalue weighted by molar-refractivity contribution is -0.135. The van der Waals surface area contributed by atoms with Crippen LogP contribution in [0.2, 0.25) is 0 Å². The molecule has 22 heavy (non-hydrogen) atoms. The van der Waals surface area contributed by atoms with Crippen molar-refractivity contribution < 1.29 is 22.8 Å². The average Bonchev–Trinajstić information content (AvgIpc) is 3.07. The lowest BCUT2D eigenvalue weighted by atomic mass is 9.98. The van der Waals surface area contributed by atoms with Crippen LogP contribution in [0.4, 0.5) is 4.79 Å². The second-order valence-corrected chi connectivity index (χ2v) is 8.51. The molecule has 2 N–H and O–H groups in total. The van der Waals surface area contributed by atoms with Crippen LogP contribution in [0.3, 0.4) is 0 Å². The van der Waals surface area contributed by atoms with Gasteiger partial charge in [-0.05, 0) is 19.3 Å². The minimum Gasteiger partial charge on any atom is -0.351 e. The fourth-order valence-electron chi connectivity index (χ4n) is 3.46. The van der Waals surface area contributed by atoms with Crippen LogP contribution >= 0.6 is 0 Å². The zero-order valence-electron chi connectivity index (χ0n) is 12.1. The molecule has 4 amide bonds. The average molecular weight is 329 g/mol. The molecule has 3 aliphatic rings. The van der Waals surface area contributed by atoms with Crippen molar-refractivity contribution in [1.29, 1.82) is 0 Å². The van der Waals surface area contributed by atoms with Crippen LogP contribution in [0, 0.1) is 0 Å². The zero-order valence-corrected chi connectivity index (χ0v) is 12.9. The van der Waals surface area contributed by atoms with Crippen LogP contribution in [0.25, 0.3) is 0 Å². The summed E-state index contributed by atoms with van der Waals surface area (Å²) in [4.78, 5) is 37.2. The Hall–Kier alpha value is -1.64. The lowest BCUT2D eigenvalue weighted by Gasteiger charge is -2.20. The van der Waals surface area contributed by atoms with Gasteiger partial charge in [0.25, 0.3) is 5.91 Å². The van der Waals surface area contributed by atoms with Crippen LogP contribution in [-0.4, -0.2) is 60.8 Å². The number of carbonyl (C=O) groups is 3. The van der Waals surface area contributed by atoms with Crippen molar-refractivity contribution in [3.8, 4) is 0 Å². The van der Waals surface area contributed by atoms with Gasteiger partial charge >= 0.3 is 6.03 Å². The topological polar surface area (TPSA) is 113 Å². The highest BCUT2D eigenvalue weighted by Gasteiger charge is 2.52. The first-order valence-corrected chi connectivity index (χ1v) is 9.27. The second kappa shape index (κ2) is 5.22.